The van der Waals surface area contributed by atoms with Crippen molar-refractivity contribution in [3.63, 3.8) is 0 Å². The van der Waals surface area contributed by atoms with Gasteiger partial charge in [0.05, 0.1) is 18.3 Å². The van der Waals surface area contributed by atoms with Crippen LogP contribution in [-0.2, 0) is 13.1 Å². The van der Waals surface area contributed by atoms with Gasteiger partial charge in [-0.15, -0.1) is 0 Å². The molecule has 1 atom stereocenters. The van der Waals surface area contributed by atoms with Crippen LogP contribution in [0.5, 0.6) is 0 Å². The van der Waals surface area contributed by atoms with Gasteiger partial charge in [0.2, 0.25) is 0 Å². The fraction of sp³-hybridized carbons (Fsp3) is 0.257. The number of benzene rings is 4. The Hall–Kier alpha value is -3.70. The second-order valence-electron chi connectivity index (χ2n) is 10.8. The number of aliphatic hydroxyl groups is 1. The molecule has 198 valence electrons. The third-order valence-corrected chi connectivity index (χ3v) is 7.90. The number of hydrogen-bond donors (Lipinski definition) is 1. The molecule has 0 amide bonds. The van der Waals surface area contributed by atoms with Crippen molar-refractivity contribution in [2.45, 2.75) is 26.1 Å². The molecule has 4 nitrogen and oxygen atoms in total. The highest BCUT2D eigenvalue weighted by atomic mass is 16.3. The van der Waals surface area contributed by atoms with Crippen LogP contribution in [0.15, 0.2) is 109 Å². The van der Waals surface area contributed by atoms with E-state index in [1.807, 2.05) is 0 Å². The van der Waals surface area contributed by atoms with E-state index in [9.17, 15) is 5.11 Å². The fourth-order valence-electron chi connectivity index (χ4n) is 5.99. The Morgan fingerprint density at radius 3 is 1.92 bits per heavy atom. The molecule has 1 aromatic heterocycles. The molecule has 0 aliphatic carbocycles. The van der Waals surface area contributed by atoms with Gasteiger partial charge < -0.3 is 9.67 Å². The summed E-state index contributed by atoms with van der Waals surface area (Å²) in [4.78, 5) is 4.93. The zero-order valence-electron chi connectivity index (χ0n) is 22.7. The van der Waals surface area contributed by atoms with Crippen LogP contribution in [0.2, 0.25) is 0 Å². The molecule has 0 radical (unpaired) electrons. The van der Waals surface area contributed by atoms with Crippen molar-refractivity contribution in [1.82, 2.24) is 14.4 Å². The first kappa shape index (κ1) is 25.6. The number of nitrogens with zero attached hydrogens (tertiary/aromatic N) is 3. The van der Waals surface area contributed by atoms with Gasteiger partial charge in [0, 0.05) is 55.7 Å². The molecule has 1 aliphatic heterocycles. The normalized spacial score (nSPS) is 15.5. The second-order valence-corrected chi connectivity index (χ2v) is 10.8. The van der Waals surface area contributed by atoms with E-state index in [1.54, 1.807) is 0 Å². The highest BCUT2D eigenvalue weighted by Gasteiger charge is 2.24. The first-order chi connectivity index (χ1) is 19.2. The number of piperazine rings is 1. The molecule has 39 heavy (non-hydrogen) atoms. The Kier molecular flexibility index (Phi) is 7.60. The third-order valence-electron chi connectivity index (χ3n) is 7.90. The van der Waals surface area contributed by atoms with Gasteiger partial charge in [0.25, 0.3) is 0 Å². The van der Waals surface area contributed by atoms with E-state index in [0.717, 1.165) is 32.7 Å². The molecule has 0 spiro atoms. The standard InChI is InChI=1S/C35H37N3O/c1-27-17-18-33-32(23-27)34(29-13-7-3-8-14-29)35(30-15-9-4-10-16-30)38(33)26-31(39)25-37-21-19-36(20-22-37)24-28-11-5-2-6-12-28/h2-18,23,31,39H,19-22,24-26H2,1H3/t31-/m0/s1. The Morgan fingerprint density at radius 2 is 1.26 bits per heavy atom. The van der Waals surface area contributed by atoms with Crippen molar-refractivity contribution in [3.05, 3.63) is 120 Å². The average molecular weight is 516 g/mol. The first-order valence-corrected chi connectivity index (χ1v) is 14.1. The number of hydrogen-bond acceptors (Lipinski definition) is 3. The molecule has 5 aromatic rings. The van der Waals surface area contributed by atoms with E-state index >= 15 is 0 Å². The number of aromatic nitrogens is 1. The number of fused-ring (bicyclic) bond motifs is 1. The lowest BCUT2D eigenvalue weighted by Gasteiger charge is -2.35. The summed E-state index contributed by atoms with van der Waals surface area (Å²) in [6, 6.07) is 38.7. The molecule has 0 unspecified atom stereocenters. The van der Waals surface area contributed by atoms with Crippen LogP contribution in [0.4, 0.5) is 0 Å². The van der Waals surface area contributed by atoms with E-state index in [0.29, 0.717) is 13.1 Å². The molecular weight excluding hydrogens is 478 g/mol. The predicted octanol–water partition coefficient (Wildman–Crippen LogP) is 6.46. The lowest BCUT2D eigenvalue weighted by Crippen LogP contribution is -2.48. The van der Waals surface area contributed by atoms with Gasteiger partial charge in [-0.05, 0) is 35.7 Å². The van der Waals surface area contributed by atoms with Crippen LogP contribution < -0.4 is 0 Å². The molecule has 4 aromatic carbocycles. The molecule has 1 aliphatic rings. The minimum absolute atomic E-state index is 0.464. The summed E-state index contributed by atoms with van der Waals surface area (Å²) in [6.45, 7) is 8.41. The van der Waals surface area contributed by atoms with Crippen LogP contribution in [0.1, 0.15) is 11.1 Å². The summed E-state index contributed by atoms with van der Waals surface area (Å²) in [5.74, 6) is 0. The smallest absolute Gasteiger partial charge is 0.0845 e. The van der Waals surface area contributed by atoms with Crippen LogP contribution in [0.25, 0.3) is 33.3 Å². The lowest BCUT2D eigenvalue weighted by molar-refractivity contribution is 0.0631. The van der Waals surface area contributed by atoms with Crippen molar-refractivity contribution in [2.24, 2.45) is 0 Å². The number of rotatable bonds is 8. The summed E-state index contributed by atoms with van der Waals surface area (Å²) in [5.41, 5.74) is 8.57. The van der Waals surface area contributed by atoms with E-state index < -0.39 is 6.10 Å². The molecule has 4 heteroatoms. The summed E-state index contributed by atoms with van der Waals surface area (Å²) in [6.07, 6.45) is -0.464. The van der Waals surface area contributed by atoms with Crippen molar-refractivity contribution in [1.29, 1.82) is 0 Å². The van der Waals surface area contributed by atoms with Gasteiger partial charge in [0.15, 0.2) is 0 Å². The summed E-state index contributed by atoms with van der Waals surface area (Å²) < 4.78 is 2.35. The Morgan fingerprint density at radius 1 is 0.667 bits per heavy atom. The Labute approximate surface area is 231 Å². The number of β-amino-alcohol motifs (C(OH)–C–C–N with tert-alkyl or cyclic N) is 1. The largest absolute Gasteiger partial charge is 0.390 e. The maximum Gasteiger partial charge on any atom is 0.0845 e. The fourth-order valence-corrected chi connectivity index (χ4v) is 5.99. The predicted molar refractivity (Wildman–Crippen MR) is 162 cm³/mol. The van der Waals surface area contributed by atoms with Gasteiger partial charge in [-0.2, -0.15) is 0 Å². The quantitative estimate of drug-likeness (QED) is 0.257. The molecular formula is C35H37N3O. The first-order valence-electron chi connectivity index (χ1n) is 14.1. The highest BCUT2D eigenvalue weighted by Crippen LogP contribution is 2.41. The monoisotopic (exact) mass is 515 g/mol. The van der Waals surface area contributed by atoms with Gasteiger partial charge >= 0.3 is 0 Å². The van der Waals surface area contributed by atoms with Gasteiger partial charge in [0.1, 0.15) is 0 Å². The SMILES string of the molecule is Cc1ccc2c(c1)c(-c1ccccc1)c(-c1ccccc1)n2C[C@@H](O)CN1CCN(Cc2ccccc2)CC1. The maximum absolute atomic E-state index is 11.4. The summed E-state index contributed by atoms with van der Waals surface area (Å²) in [5, 5.41) is 12.7. The van der Waals surface area contributed by atoms with E-state index in [2.05, 4.69) is 130 Å². The molecule has 2 heterocycles. The molecule has 1 N–H and O–H groups in total. The van der Waals surface area contributed by atoms with Crippen LogP contribution in [-0.4, -0.2) is 58.3 Å². The van der Waals surface area contributed by atoms with E-state index in [4.69, 9.17) is 0 Å². The van der Waals surface area contributed by atoms with Crippen LogP contribution in [0, 0.1) is 6.92 Å². The third kappa shape index (κ3) is 5.69. The Bertz CT molecular complexity index is 1500. The van der Waals surface area contributed by atoms with Crippen molar-refractivity contribution in [2.75, 3.05) is 32.7 Å². The van der Waals surface area contributed by atoms with Crippen molar-refractivity contribution >= 4 is 10.9 Å². The van der Waals surface area contributed by atoms with Gasteiger partial charge in [-0.25, -0.2) is 0 Å². The van der Waals surface area contributed by atoms with Gasteiger partial charge in [-0.1, -0.05) is 103 Å². The molecule has 1 saturated heterocycles. The topological polar surface area (TPSA) is 31.6 Å². The van der Waals surface area contributed by atoms with E-state index in [1.165, 1.54) is 44.4 Å². The molecule has 0 saturated carbocycles. The zero-order chi connectivity index (χ0) is 26.6. The number of aryl methyl sites for hydroxylation is 1. The van der Waals surface area contributed by atoms with Crippen LogP contribution >= 0.6 is 0 Å². The summed E-state index contributed by atoms with van der Waals surface area (Å²) >= 11 is 0. The second kappa shape index (κ2) is 11.6. The molecule has 1 fully saturated rings. The lowest BCUT2D eigenvalue weighted by atomic mass is 9.98. The zero-order valence-corrected chi connectivity index (χ0v) is 22.7. The van der Waals surface area contributed by atoms with Crippen molar-refractivity contribution in [3.8, 4) is 22.4 Å². The molecule has 6 rings (SSSR count). The molecule has 0 bridgehead atoms. The maximum atomic E-state index is 11.4. The minimum atomic E-state index is -0.464. The average Bonchev–Trinajstić information content (AvgIpc) is 3.28. The van der Waals surface area contributed by atoms with Gasteiger partial charge in [-0.3, -0.25) is 9.80 Å². The highest BCUT2D eigenvalue weighted by molar-refractivity contribution is 6.04. The van der Waals surface area contributed by atoms with Crippen molar-refractivity contribution < 1.29 is 5.11 Å². The van der Waals surface area contributed by atoms with E-state index in [-0.39, 0.29) is 0 Å². The minimum Gasteiger partial charge on any atom is -0.390 e. The summed E-state index contributed by atoms with van der Waals surface area (Å²) in [7, 11) is 0. The Balaban J connectivity index is 1.26. The van der Waals surface area contributed by atoms with Crippen LogP contribution in [0.3, 0.4) is 0 Å². The number of aliphatic hydroxyl groups excluding tert-OH is 1.